The van der Waals surface area contributed by atoms with Crippen molar-refractivity contribution in [2.75, 3.05) is 30.3 Å². The van der Waals surface area contributed by atoms with Crippen molar-refractivity contribution in [2.24, 2.45) is 5.41 Å². The first-order valence-electron chi connectivity index (χ1n) is 13.5. The lowest BCUT2D eigenvalue weighted by atomic mass is 9.76. The molecule has 4 aromatic rings. The van der Waals surface area contributed by atoms with Gasteiger partial charge >= 0.3 is 18.2 Å². The lowest BCUT2D eigenvalue weighted by molar-refractivity contribution is -0.176. The standard InChI is InChI=1S/C29H28F3N7O3/c30-26(31)29(32,20-4-1-17(2-5-20)18-3-6-21-19(11-18)14-34-16-36-21)42-24-12-23(37-27(33)38-24)39-9-7-28(8-10-39)13-22(25(40)41)35-15-28/h1-6,11-12,14,16,22,26,35H,7-10,13,15H2,(H,40,41)(H2,33,37,38)/t22?,29-/m0/s1. The molecular formula is C29H28F3N7O3. The third-order valence-corrected chi connectivity index (χ3v) is 8.16. The van der Waals surface area contributed by atoms with Crippen molar-refractivity contribution < 1.29 is 27.8 Å². The van der Waals surface area contributed by atoms with Crippen LogP contribution in [0, 0.1) is 5.41 Å². The minimum Gasteiger partial charge on any atom is -0.480 e. The molecule has 2 atom stereocenters. The Bertz CT molecular complexity index is 1620. The maximum atomic E-state index is 15.9. The number of nitrogen functional groups attached to an aromatic ring is 1. The number of alkyl halides is 3. The van der Waals surface area contributed by atoms with E-state index in [1.807, 2.05) is 23.1 Å². The number of nitrogens with one attached hydrogen (secondary N) is 1. The summed E-state index contributed by atoms with van der Waals surface area (Å²) < 4.78 is 49.6. The molecule has 0 saturated carbocycles. The number of aromatic nitrogens is 4. The second-order valence-electron chi connectivity index (χ2n) is 10.8. The summed E-state index contributed by atoms with van der Waals surface area (Å²) in [6.07, 6.45) is 1.51. The molecule has 4 heterocycles. The normalized spacial score (nSPS) is 19.7. The number of carboxylic acids is 1. The van der Waals surface area contributed by atoms with E-state index < -0.39 is 30.2 Å². The topological polar surface area (TPSA) is 139 Å². The van der Waals surface area contributed by atoms with E-state index in [-0.39, 0.29) is 16.9 Å². The Labute approximate surface area is 238 Å². The van der Waals surface area contributed by atoms with Gasteiger partial charge in [-0.2, -0.15) is 14.4 Å². The van der Waals surface area contributed by atoms with Crippen molar-refractivity contribution in [1.82, 2.24) is 25.3 Å². The molecule has 0 aliphatic carbocycles. The fourth-order valence-corrected chi connectivity index (χ4v) is 5.76. The molecule has 1 unspecified atom stereocenters. The lowest BCUT2D eigenvalue weighted by Crippen LogP contribution is -2.41. The quantitative estimate of drug-likeness (QED) is 0.292. The average Bonchev–Trinajstić information content (AvgIpc) is 3.40. The average molecular weight is 580 g/mol. The molecule has 13 heteroatoms. The molecule has 2 aromatic heterocycles. The van der Waals surface area contributed by atoms with Gasteiger partial charge in [0.2, 0.25) is 11.8 Å². The van der Waals surface area contributed by atoms with Gasteiger partial charge in [-0.3, -0.25) is 4.79 Å². The minimum atomic E-state index is -3.53. The number of hydrogen-bond acceptors (Lipinski definition) is 9. The van der Waals surface area contributed by atoms with Gasteiger partial charge in [0.25, 0.3) is 0 Å². The molecule has 1 spiro atoms. The summed E-state index contributed by atoms with van der Waals surface area (Å²) in [6.45, 7) is 1.66. The predicted octanol–water partition coefficient (Wildman–Crippen LogP) is 4.17. The van der Waals surface area contributed by atoms with Gasteiger partial charge in [-0.25, -0.2) is 18.7 Å². The van der Waals surface area contributed by atoms with E-state index >= 15 is 4.39 Å². The maximum absolute atomic E-state index is 15.9. The predicted molar refractivity (Wildman–Crippen MR) is 149 cm³/mol. The number of carboxylic acid groups (broad SMARTS) is 1. The van der Waals surface area contributed by atoms with Gasteiger partial charge in [0, 0.05) is 42.8 Å². The number of ether oxygens (including phenoxy) is 1. The first-order chi connectivity index (χ1) is 20.1. The van der Waals surface area contributed by atoms with E-state index in [1.54, 1.807) is 6.20 Å². The van der Waals surface area contributed by atoms with Crippen molar-refractivity contribution in [1.29, 1.82) is 0 Å². The Hall–Kier alpha value is -4.52. The van der Waals surface area contributed by atoms with Gasteiger partial charge < -0.3 is 25.8 Å². The van der Waals surface area contributed by atoms with Crippen LogP contribution in [0.1, 0.15) is 24.8 Å². The first-order valence-corrected chi connectivity index (χ1v) is 13.5. The zero-order chi connectivity index (χ0) is 29.5. The molecule has 218 valence electrons. The summed E-state index contributed by atoms with van der Waals surface area (Å²) >= 11 is 0. The lowest BCUT2D eigenvalue weighted by Gasteiger charge is -2.39. The summed E-state index contributed by atoms with van der Waals surface area (Å²) in [5, 5.41) is 13.2. The number of hydrogen-bond donors (Lipinski definition) is 3. The number of nitrogens with zero attached hydrogens (tertiary/aromatic N) is 5. The Kier molecular flexibility index (Phi) is 7.05. The molecule has 2 aliphatic rings. The number of rotatable bonds is 7. The second kappa shape index (κ2) is 10.7. The van der Waals surface area contributed by atoms with E-state index in [0.29, 0.717) is 50.3 Å². The third-order valence-electron chi connectivity index (χ3n) is 8.16. The van der Waals surface area contributed by atoms with Crippen LogP contribution in [0.25, 0.3) is 22.0 Å². The Morgan fingerprint density at radius 3 is 2.55 bits per heavy atom. The highest BCUT2D eigenvalue weighted by Crippen LogP contribution is 2.41. The molecule has 42 heavy (non-hydrogen) atoms. The molecule has 0 radical (unpaired) electrons. The van der Waals surface area contributed by atoms with Gasteiger partial charge in [-0.1, -0.05) is 30.3 Å². The molecule has 4 N–H and O–H groups in total. The highest BCUT2D eigenvalue weighted by Gasteiger charge is 2.46. The summed E-state index contributed by atoms with van der Waals surface area (Å²) in [6, 6.07) is 11.8. The van der Waals surface area contributed by atoms with Gasteiger partial charge in [0.05, 0.1) is 5.52 Å². The maximum Gasteiger partial charge on any atom is 0.336 e. The highest BCUT2D eigenvalue weighted by molar-refractivity contribution is 5.83. The molecular weight excluding hydrogens is 551 g/mol. The van der Waals surface area contributed by atoms with Crippen molar-refractivity contribution >= 4 is 28.6 Å². The SMILES string of the molecule is Nc1nc(O[C@@](F)(c2ccc(-c3ccc4ncncc4c3)cc2)C(F)F)cc(N2CCC3(CC2)CNC(C(=O)O)C3)n1. The van der Waals surface area contributed by atoms with Gasteiger partial charge in [-0.05, 0) is 47.9 Å². The zero-order valence-corrected chi connectivity index (χ0v) is 22.4. The van der Waals surface area contributed by atoms with Crippen molar-refractivity contribution in [3.63, 3.8) is 0 Å². The summed E-state index contributed by atoms with van der Waals surface area (Å²) in [7, 11) is 0. The van der Waals surface area contributed by atoms with Crippen LogP contribution in [-0.4, -0.2) is 63.1 Å². The van der Waals surface area contributed by atoms with Crippen LogP contribution >= 0.6 is 0 Å². The van der Waals surface area contributed by atoms with Crippen LogP contribution < -0.4 is 20.7 Å². The number of piperidine rings is 1. The van der Waals surface area contributed by atoms with E-state index in [2.05, 4.69) is 25.3 Å². The number of benzene rings is 2. The number of nitrogens with two attached hydrogens (primary N) is 1. The smallest absolute Gasteiger partial charge is 0.336 e. The van der Waals surface area contributed by atoms with E-state index in [4.69, 9.17) is 10.5 Å². The molecule has 2 aliphatic heterocycles. The fraction of sp³-hybridized carbons (Fsp3) is 0.345. The Balaban J connectivity index is 1.20. The summed E-state index contributed by atoms with van der Waals surface area (Å²) in [5.74, 6) is -4.72. The van der Waals surface area contributed by atoms with Crippen LogP contribution in [-0.2, 0) is 10.6 Å². The molecule has 0 amide bonds. The third kappa shape index (κ3) is 5.27. The molecule has 6 rings (SSSR count). The summed E-state index contributed by atoms with van der Waals surface area (Å²) in [5.41, 5.74) is 7.57. The van der Waals surface area contributed by atoms with Crippen LogP contribution in [0.2, 0.25) is 0 Å². The van der Waals surface area contributed by atoms with Crippen LogP contribution in [0.3, 0.4) is 0 Å². The zero-order valence-electron chi connectivity index (χ0n) is 22.4. The van der Waals surface area contributed by atoms with Crippen LogP contribution in [0.5, 0.6) is 5.88 Å². The Morgan fingerprint density at radius 1 is 1.12 bits per heavy atom. The second-order valence-corrected chi connectivity index (χ2v) is 10.8. The van der Waals surface area contributed by atoms with Crippen molar-refractivity contribution in [3.8, 4) is 17.0 Å². The number of fused-ring (bicyclic) bond motifs is 1. The molecule has 10 nitrogen and oxygen atoms in total. The van der Waals surface area contributed by atoms with E-state index in [1.165, 1.54) is 36.7 Å². The first kappa shape index (κ1) is 27.6. The van der Waals surface area contributed by atoms with Gasteiger partial charge in [0.1, 0.15) is 18.2 Å². The monoisotopic (exact) mass is 579 g/mol. The van der Waals surface area contributed by atoms with Crippen LogP contribution in [0.15, 0.2) is 61.1 Å². The molecule has 0 bridgehead atoms. The van der Waals surface area contributed by atoms with E-state index in [9.17, 15) is 18.7 Å². The van der Waals surface area contributed by atoms with E-state index in [0.717, 1.165) is 16.5 Å². The number of carbonyl (C=O) groups is 1. The van der Waals surface area contributed by atoms with Gasteiger partial charge in [0.15, 0.2) is 0 Å². The number of halogens is 3. The van der Waals surface area contributed by atoms with Crippen molar-refractivity contribution in [3.05, 3.63) is 66.6 Å². The highest BCUT2D eigenvalue weighted by atomic mass is 19.3. The van der Waals surface area contributed by atoms with Gasteiger partial charge in [-0.15, -0.1) is 0 Å². The fourth-order valence-electron chi connectivity index (χ4n) is 5.76. The minimum absolute atomic E-state index is 0.145. The molecule has 2 aromatic carbocycles. The van der Waals surface area contributed by atoms with Crippen LogP contribution in [0.4, 0.5) is 24.9 Å². The van der Waals surface area contributed by atoms with Crippen molar-refractivity contribution in [2.45, 2.75) is 37.6 Å². The summed E-state index contributed by atoms with van der Waals surface area (Å²) in [4.78, 5) is 29.5. The number of aliphatic carboxylic acids is 1. The Morgan fingerprint density at radius 2 is 1.86 bits per heavy atom. The molecule has 2 saturated heterocycles. The number of anilines is 2. The molecule has 2 fully saturated rings. The largest absolute Gasteiger partial charge is 0.480 e.